The highest BCUT2D eigenvalue weighted by Gasteiger charge is 2.55. The molecule has 0 radical (unpaired) electrons. The van der Waals surface area contributed by atoms with Crippen LogP contribution < -0.4 is 10.6 Å². The number of aryl methyl sites for hydroxylation is 1. The molecule has 6 rings (SSSR count). The second kappa shape index (κ2) is 8.09. The topological polar surface area (TPSA) is 98.8 Å². The van der Waals surface area contributed by atoms with Gasteiger partial charge in [0.15, 0.2) is 0 Å². The summed E-state index contributed by atoms with van der Waals surface area (Å²) >= 11 is 6.06. The molecule has 1 aliphatic carbocycles. The van der Waals surface area contributed by atoms with E-state index in [1.165, 1.54) is 0 Å². The first-order chi connectivity index (χ1) is 16.9. The number of fused-ring (bicyclic) bond motifs is 3. The number of rotatable bonds is 3. The van der Waals surface area contributed by atoms with Crippen LogP contribution in [-0.2, 0) is 26.3 Å². The van der Waals surface area contributed by atoms with Crippen molar-refractivity contribution in [3.63, 3.8) is 0 Å². The average Bonchev–Trinajstić information content (AvgIpc) is 3.46. The van der Waals surface area contributed by atoms with Crippen molar-refractivity contribution in [1.82, 2.24) is 15.1 Å². The van der Waals surface area contributed by atoms with E-state index in [-0.39, 0.29) is 36.1 Å². The molecule has 3 heterocycles. The van der Waals surface area contributed by atoms with Crippen molar-refractivity contribution in [2.75, 3.05) is 25.0 Å². The van der Waals surface area contributed by atoms with Crippen LogP contribution in [0.15, 0.2) is 42.5 Å². The highest BCUT2D eigenvalue weighted by Crippen LogP contribution is 2.43. The lowest BCUT2D eigenvalue weighted by Crippen LogP contribution is -2.47. The second-order valence-corrected chi connectivity index (χ2v) is 10.2. The smallest absolute Gasteiger partial charge is 0.325 e. The molecule has 2 atom stereocenters. The van der Waals surface area contributed by atoms with Gasteiger partial charge in [-0.05, 0) is 60.4 Å². The third kappa shape index (κ3) is 3.42. The number of halogens is 1. The number of hydrogen-bond donors (Lipinski definition) is 2. The number of carbonyl (C=O) groups excluding carboxylic acids is 4. The molecular weight excluding hydrogens is 468 g/mol. The van der Waals surface area contributed by atoms with E-state index < -0.39 is 11.6 Å². The Morgan fingerprint density at radius 2 is 1.86 bits per heavy atom. The lowest BCUT2D eigenvalue weighted by molar-refractivity contribution is -0.140. The Morgan fingerprint density at radius 3 is 2.66 bits per heavy atom. The number of carbonyl (C=O) groups is 4. The molecule has 2 aromatic rings. The van der Waals surface area contributed by atoms with Crippen LogP contribution in [0.4, 0.5) is 10.5 Å². The molecule has 8 nitrogen and oxygen atoms in total. The number of hydrogen-bond acceptors (Lipinski definition) is 4. The summed E-state index contributed by atoms with van der Waals surface area (Å²) in [4.78, 5) is 54.6. The fourth-order valence-corrected chi connectivity index (χ4v) is 6.35. The SMILES string of the molecule is O=C1Nc2cc(Cl)ccc2C1C1CCN(C(=O)CN2C(=O)NC3(CCc4ccccc43)C2=O)CC1. The number of likely N-dealkylation sites (tertiary alicyclic amines) is 1. The zero-order chi connectivity index (χ0) is 24.3. The zero-order valence-electron chi connectivity index (χ0n) is 19.1. The van der Waals surface area contributed by atoms with Crippen molar-refractivity contribution in [2.24, 2.45) is 5.92 Å². The van der Waals surface area contributed by atoms with Gasteiger partial charge in [-0.3, -0.25) is 19.3 Å². The van der Waals surface area contributed by atoms with Gasteiger partial charge in [-0.15, -0.1) is 0 Å². The summed E-state index contributed by atoms with van der Waals surface area (Å²) in [6, 6.07) is 12.6. The Kier molecular flexibility index (Phi) is 5.11. The van der Waals surface area contributed by atoms with Gasteiger partial charge in [0.25, 0.3) is 5.91 Å². The zero-order valence-corrected chi connectivity index (χ0v) is 19.8. The normalized spacial score (nSPS) is 25.6. The predicted octanol–water partition coefficient (Wildman–Crippen LogP) is 3.01. The molecule has 2 fully saturated rings. The molecule has 180 valence electrons. The third-order valence-electron chi connectivity index (χ3n) is 7.97. The van der Waals surface area contributed by atoms with Crippen LogP contribution in [0.3, 0.4) is 0 Å². The van der Waals surface area contributed by atoms with Crippen molar-refractivity contribution in [1.29, 1.82) is 0 Å². The lowest BCUT2D eigenvalue weighted by atomic mass is 9.81. The number of amides is 5. The number of benzene rings is 2. The number of nitrogens with zero attached hydrogens (tertiary/aromatic N) is 2. The fraction of sp³-hybridized carbons (Fsp3) is 0.385. The minimum absolute atomic E-state index is 0.0338. The fourth-order valence-electron chi connectivity index (χ4n) is 6.18. The van der Waals surface area contributed by atoms with E-state index in [1.54, 1.807) is 17.0 Å². The first kappa shape index (κ1) is 22.1. The van der Waals surface area contributed by atoms with Gasteiger partial charge in [-0.2, -0.15) is 0 Å². The van der Waals surface area contributed by atoms with E-state index >= 15 is 0 Å². The molecule has 0 aromatic heterocycles. The number of imide groups is 1. The summed E-state index contributed by atoms with van der Waals surface area (Å²) in [6.07, 6.45) is 2.55. The maximum Gasteiger partial charge on any atom is 0.325 e. The average molecular weight is 493 g/mol. The minimum Gasteiger partial charge on any atom is -0.341 e. The molecular formula is C26H25ClN4O4. The molecule has 2 saturated heterocycles. The van der Waals surface area contributed by atoms with Crippen molar-refractivity contribution < 1.29 is 19.2 Å². The van der Waals surface area contributed by atoms with Gasteiger partial charge in [0.05, 0.1) is 5.92 Å². The molecule has 9 heteroatoms. The first-order valence-corrected chi connectivity index (χ1v) is 12.4. The van der Waals surface area contributed by atoms with Crippen molar-refractivity contribution >= 4 is 41.0 Å². The van der Waals surface area contributed by atoms with Crippen LogP contribution in [0, 0.1) is 5.92 Å². The molecule has 0 saturated carbocycles. The van der Waals surface area contributed by atoms with E-state index in [1.807, 2.05) is 30.3 Å². The number of urea groups is 1. The van der Waals surface area contributed by atoms with E-state index in [0.717, 1.165) is 27.3 Å². The van der Waals surface area contributed by atoms with Crippen molar-refractivity contribution in [2.45, 2.75) is 37.1 Å². The summed E-state index contributed by atoms with van der Waals surface area (Å²) in [7, 11) is 0. The molecule has 0 bridgehead atoms. The van der Waals surface area contributed by atoms with Gasteiger partial charge >= 0.3 is 6.03 Å². The summed E-state index contributed by atoms with van der Waals surface area (Å²) in [6.45, 7) is 0.687. The maximum atomic E-state index is 13.3. The molecule has 2 unspecified atom stereocenters. The maximum absolute atomic E-state index is 13.3. The molecule has 5 amide bonds. The van der Waals surface area contributed by atoms with Crippen molar-refractivity contribution in [3.05, 3.63) is 64.2 Å². The van der Waals surface area contributed by atoms with Gasteiger partial charge < -0.3 is 15.5 Å². The first-order valence-electron chi connectivity index (χ1n) is 12.0. The lowest BCUT2D eigenvalue weighted by Gasteiger charge is -2.34. The van der Waals surface area contributed by atoms with Gasteiger partial charge in [0, 0.05) is 23.8 Å². The molecule has 2 aromatic carbocycles. The molecule has 1 spiro atoms. The Labute approximate surface area is 207 Å². The van der Waals surface area contributed by atoms with Gasteiger partial charge in [-0.1, -0.05) is 41.9 Å². The van der Waals surface area contributed by atoms with Crippen LogP contribution in [0.1, 0.15) is 41.9 Å². The Balaban J connectivity index is 1.11. The minimum atomic E-state index is -1.06. The Morgan fingerprint density at radius 1 is 1.09 bits per heavy atom. The molecule has 35 heavy (non-hydrogen) atoms. The quantitative estimate of drug-likeness (QED) is 0.643. The summed E-state index contributed by atoms with van der Waals surface area (Å²) in [5.74, 6) is -0.787. The highest BCUT2D eigenvalue weighted by atomic mass is 35.5. The van der Waals surface area contributed by atoms with Gasteiger partial charge in [0.1, 0.15) is 12.1 Å². The molecule has 2 N–H and O–H groups in total. The predicted molar refractivity (Wildman–Crippen MR) is 129 cm³/mol. The van der Waals surface area contributed by atoms with E-state index in [0.29, 0.717) is 43.8 Å². The van der Waals surface area contributed by atoms with E-state index in [4.69, 9.17) is 11.6 Å². The summed E-state index contributed by atoms with van der Waals surface area (Å²) in [5.41, 5.74) is 2.52. The number of nitrogens with one attached hydrogen (secondary N) is 2. The Hall–Kier alpha value is -3.39. The molecule has 4 aliphatic rings. The van der Waals surface area contributed by atoms with Crippen LogP contribution in [0.25, 0.3) is 0 Å². The standard InChI is InChI=1S/C26H25ClN4O4/c27-17-5-6-18-20(13-17)28-23(33)22(18)16-8-11-30(12-9-16)21(32)14-31-24(34)26(29-25(31)35)10-7-15-3-1-2-4-19(15)26/h1-6,13,16,22H,7-12,14H2,(H,28,33)(H,29,35). The van der Waals surface area contributed by atoms with E-state index in [2.05, 4.69) is 10.6 Å². The van der Waals surface area contributed by atoms with E-state index in [9.17, 15) is 19.2 Å². The van der Waals surface area contributed by atoms with Gasteiger partial charge in [-0.25, -0.2) is 4.79 Å². The monoisotopic (exact) mass is 492 g/mol. The number of anilines is 1. The van der Waals surface area contributed by atoms with Crippen LogP contribution in [0.2, 0.25) is 5.02 Å². The van der Waals surface area contributed by atoms with Gasteiger partial charge in [0.2, 0.25) is 11.8 Å². The second-order valence-electron chi connectivity index (χ2n) is 9.80. The summed E-state index contributed by atoms with van der Waals surface area (Å²) in [5, 5.41) is 6.36. The van der Waals surface area contributed by atoms with Crippen LogP contribution in [-0.4, -0.2) is 53.2 Å². The molecule has 3 aliphatic heterocycles. The summed E-state index contributed by atoms with van der Waals surface area (Å²) < 4.78 is 0. The largest absolute Gasteiger partial charge is 0.341 e. The highest BCUT2D eigenvalue weighted by molar-refractivity contribution is 6.31. The van der Waals surface area contributed by atoms with Crippen LogP contribution >= 0.6 is 11.6 Å². The third-order valence-corrected chi connectivity index (χ3v) is 8.21. The van der Waals surface area contributed by atoms with Crippen LogP contribution in [0.5, 0.6) is 0 Å². The van der Waals surface area contributed by atoms with Crippen molar-refractivity contribution in [3.8, 4) is 0 Å². The Bertz CT molecular complexity index is 1270. The number of piperidine rings is 1.